The third-order valence-corrected chi connectivity index (χ3v) is 3.21. The van der Waals surface area contributed by atoms with Gasteiger partial charge in [-0.15, -0.1) is 0 Å². The molecule has 8 heteroatoms. The highest BCUT2D eigenvalue weighted by molar-refractivity contribution is 5.55. The number of nitrogens with one attached hydrogen (secondary N) is 1. The van der Waals surface area contributed by atoms with Crippen molar-refractivity contribution in [3.8, 4) is 0 Å². The van der Waals surface area contributed by atoms with Gasteiger partial charge in [-0.25, -0.2) is 0 Å². The molecule has 0 amide bonds. The molecule has 1 aromatic carbocycles. The van der Waals surface area contributed by atoms with Crippen molar-refractivity contribution in [2.45, 2.75) is 19.5 Å². The molecule has 0 saturated heterocycles. The Balaban J connectivity index is 2.08. The molecule has 1 N–H and O–H groups in total. The van der Waals surface area contributed by atoms with Crippen LogP contribution in [0.15, 0.2) is 36.5 Å². The Labute approximate surface area is 130 Å². The number of nitro benzene ring substituents is 1. The Bertz CT molecular complexity index is 700. The Morgan fingerprint density at radius 1 is 1.26 bits per heavy atom. The molecule has 0 unspecified atom stereocenters. The maximum absolute atomic E-state index is 12.9. The fraction of sp³-hybridized carbons (Fsp3) is 0.267. The van der Waals surface area contributed by atoms with E-state index in [0.717, 1.165) is 23.4 Å². The average molecular weight is 325 g/mol. The molecule has 0 aliphatic heterocycles. The van der Waals surface area contributed by atoms with Gasteiger partial charge in [0.05, 0.1) is 4.92 Å². The van der Waals surface area contributed by atoms with Crippen LogP contribution in [-0.4, -0.2) is 16.5 Å². The maximum Gasteiger partial charge on any atom is 0.423 e. The van der Waals surface area contributed by atoms with Crippen LogP contribution in [0, 0.1) is 17.0 Å². The Morgan fingerprint density at radius 3 is 2.57 bits per heavy atom. The highest BCUT2D eigenvalue weighted by Gasteiger charge is 2.38. The summed E-state index contributed by atoms with van der Waals surface area (Å²) in [6, 6.07) is 6.62. The van der Waals surface area contributed by atoms with Crippen LogP contribution >= 0.6 is 0 Å². The van der Waals surface area contributed by atoms with E-state index in [9.17, 15) is 23.3 Å². The summed E-state index contributed by atoms with van der Waals surface area (Å²) in [5.74, 6) is 0. The molecule has 1 aromatic heterocycles. The summed E-state index contributed by atoms with van der Waals surface area (Å²) in [7, 11) is 0. The molecular formula is C15H14F3N3O2. The average Bonchev–Trinajstić information content (AvgIpc) is 2.48. The van der Waals surface area contributed by atoms with Crippen molar-refractivity contribution in [3.05, 3.63) is 63.5 Å². The quantitative estimate of drug-likeness (QED) is 0.667. The maximum atomic E-state index is 12.9. The number of nitro groups is 1. The van der Waals surface area contributed by atoms with E-state index >= 15 is 0 Å². The lowest BCUT2D eigenvalue weighted by atomic mass is 10.1. The van der Waals surface area contributed by atoms with E-state index in [1.807, 2.05) is 19.1 Å². The number of hydrogen-bond donors (Lipinski definition) is 1. The van der Waals surface area contributed by atoms with Crippen molar-refractivity contribution in [1.29, 1.82) is 0 Å². The van der Waals surface area contributed by atoms with Gasteiger partial charge in [0.2, 0.25) is 0 Å². The van der Waals surface area contributed by atoms with Gasteiger partial charge in [-0.1, -0.05) is 6.07 Å². The molecule has 0 radical (unpaired) electrons. The molecule has 0 saturated carbocycles. The highest BCUT2D eigenvalue weighted by atomic mass is 19.4. The lowest BCUT2D eigenvalue weighted by Gasteiger charge is -2.11. The molecular weight excluding hydrogens is 311 g/mol. The van der Waals surface area contributed by atoms with Gasteiger partial charge in [0.25, 0.3) is 5.69 Å². The van der Waals surface area contributed by atoms with Crippen LogP contribution in [0.5, 0.6) is 0 Å². The second-order valence-electron chi connectivity index (χ2n) is 4.97. The Hall–Kier alpha value is -2.64. The van der Waals surface area contributed by atoms with Crippen molar-refractivity contribution in [1.82, 2.24) is 4.98 Å². The minimum atomic E-state index is -4.78. The SMILES string of the molecule is Cc1ccc(CCNc2ccc([N+](=O)[O-])c(C(F)(F)F)c2)cn1. The van der Waals surface area contributed by atoms with Crippen LogP contribution < -0.4 is 5.32 Å². The topological polar surface area (TPSA) is 68.1 Å². The van der Waals surface area contributed by atoms with E-state index in [0.29, 0.717) is 13.0 Å². The van der Waals surface area contributed by atoms with E-state index in [2.05, 4.69) is 10.3 Å². The molecule has 1 heterocycles. The number of benzene rings is 1. The summed E-state index contributed by atoms with van der Waals surface area (Å²) < 4.78 is 38.6. The van der Waals surface area contributed by atoms with Crippen LogP contribution in [0.2, 0.25) is 0 Å². The summed E-state index contributed by atoms with van der Waals surface area (Å²) in [5.41, 5.74) is -0.203. The zero-order valence-corrected chi connectivity index (χ0v) is 12.2. The third kappa shape index (κ3) is 4.41. The number of aryl methyl sites for hydroxylation is 1. The molecule has 122 valence electrons. The summed E-state index contributed by atoms with van der Waals surface area (Å²) in [4.78, 5) is 13.8. The monoisotopic (exact) mass is 325 g/mol. The molecule has 2 rings (SSSR count). The van der Waals surface area contributed by atoms with Gasteiger partial charge in [-0.05, 0) is 37.1 Å². The number of nitrogens with zero attached hydrogens (tertiary/aromatic N) is 2. The third-order valence-electron chi connectivity index (χ3n) is 3.21. The molecule has 0 atom stereocenters. The second kappa shape index (κ2) is 6.64. The molecule has 5 nitrogen and oxygen atoms in total. The molecule has 0 fully saturated rings. The zero-order valence-electron chi connectivity index (χ0n) is 12.2. The van der Waals surface area contributed by atoms with E-state index in [1.165, 1.54) is 6.07 Å². The van der Waals surface area contributed by atoms with Crippen LogP contribution in [0.4, 0.5) is 24.5 Å². The summed E-state index contributed by atoms with van der Waals surface area (Å²) in [6.07, 6.45) is -2.50. The number of anilines is 1. The van der Waals surface area contributed by atoms with Gasteiger partial charge in [-0.2, -0.15) is 13.2 Å². The van der Waals surface area contributed by atoms with Gasteiger partial charge in [-0.3, -0.25) is 15.1 Å². The van der Waals surface area contributed by atoms with Crippen LogP contribution in [-0.2, 0) is 12.6 Å². The molecule has 0 aliphatic carbocycles. The fourth-order valence-electron chi connectivity index (χ4n) is 2.03. The zero-order chi connectivity index (χ0) is 17.0. The molecule has 0 bridgehead atoms. The number of aromatic nitrogens is 1. The lowest BCUT2D eigenvalue weighted by Crippen LogP contribution is -2.11. The minimum Gasteiger partial charge on any atom is -0.385 e. The second-order valence-corrected chi connectivity index (χ2v) is 4.97. The number of halogens is 3. The Kier molecular flexibility index (Phi) is 4.83. The van der Waals surface area contributed by atoms with Gasteiger partial charge in [0.1, 0.15) is 5.56 Å². The van der Waals surface area contributed by atoms with Crippen molar-refractivity contribution in [2.75, 3.05) is 11.9 Å². The van der Waals surface area contributed by atoms with Crippen molar-refractivity contribution < 1.29 is 18.1 Å². The number of rotatable bonds is 5. The molecule has 0 aliphatic rings. The van der Waals surface area contributed by atoms with E-state index in [4.69, 9.17) is 0 Å². The molecule has 2 aromatic rings. The summed E-state index contributed by atoms with van der Waals surface area (Å²) in [5, 5.41) is 13.5. The first kappa shape index (κ1) is 16.7. The van der Waals surface area contributed by atoms with Crippen molar-refractivity contribution in [2.24, 2.45) is 0 Å². The minimum absolute atomic E-state index is 0.183. The van der Waals surface area contributed by atoms with Crippen LogP contribution in [0.25, 0.3) is 0 Å². The normalized spacial score (nSPS) is 11.3. The fourth-order valence-corrected chi connectivity index (χ4v) is 2.03. The van der Waals surface area contributed by atoms with Crippen LogP contribution in [0.1, 0.15) is 16.8 Å². The largest absolute Gasteiger partial charge is 0.423 e. The van der Waals surface area contributed by atoms with Crippen molar-refractivity contribution >= 4 is 11.4 Å². The molecule has 23 heavy (non-hydrogen) atoms. The van der Waals surface area contributed by atoms with Crippen molar-refractivity contribution in [3.63, 3.8) is 0 Å². The summed E-state index contributed by atoms with van der Waals surface area (Å²) in [6.45, 7) is 2.25. The summed E-state index contributed by atoms with van der Waals surface area (Å²) >= 11 is 0. The number of alkyl halides is 3. The predicted octanol–water partition coefficient (Wildman–Crippen LogP) is 3.97. The number of hydrogen-bond acceptors (Lipinski definition) is 4. The first-order valence-corrected chi connectivity index (χ1v) is 6.78. The molecule has 0 spiro atoms. The van der Waals surface area contributed by atoms with E-state index in [-0.39, 0.29) is 5.69 Å². The first-order valence-electron chi connectivity index (χ1n) is 6.78. The van der Waals surface area contributed by atoms with Gasteiger partial charge in [0, 0.05) is 30.2 Å². The van der Waals surface area contributed by atoms with E-state index in [1.54, 1.807) is 6.20 Å². The van der Waals surface area contributed by atoms with Gasteiger partial charge < -0.3 is 5.32 Å². The number of pyridine rings is 1. The Morgan fingerprint density at radius 2 is 2.00 bits per heavy atom. The smallest absolute Gasteiger partial charge is 0.385 e. The standard InChI is InChI=1S/C15H14F3N3O2/c1-10-2-3-11(9-20-10)6-7-19-12-4-5-14(21(22)23)13(8-12)15(16,17)18/h2-5,8-9,19H,6-7H2,1H3. The highest BCUT2D eigenvalue weighted by Crippen LogP contribution is 2.37. The lowest BCUT2D eigenvalue weighted by molar-refractivity contribution is -0.388. The van der Waals surface area contributed by atoms with Gasteiger partial charge >= 0.3 is 6.18 Å². The van der Waals surface area contributed by atoms with Gasteiger partial charge in [0.15, 0.2) is 0 Å². The van der Waals surface area contributed by atoms with E-state index < -0.39 is 22.4 Å². The first-order chi connectivity index (χ1) is 10.8. The predicted molar refractivity (Wildman–Crippen MR) is 79.3 cm³/mol. The van der Waals surface area contributed by atoms with Crippen LogP contribution in [0.3, 0.4) is 0 Å².